The molecular formula is C11H18N2. The predicted octanol–water partition coefficient (Wildman–Crippen LogP) is 2.62. The lowest BCUT2D eigenvalue weighted by Crippen LogP contribution is -2.38. The van der Waals surface area contributed by atoms with Crippen LogP contribution in [0, 0.1) is 6.92 Å². The molecule has 72 valence electrons. The SMILES string of the molecule is Cc1cccc(N(C)C(C)(C)C)n1. The van der Waals surface area contributed by atoms with Gasteiger partial charge in [-0.3, -0.25) is 0 Å². The van der Waals surface area contributed by atoms with Crippen LogP contribution >= 0.6 is 0 Å². The van der Waals surface area contributed by atoms with Crippen LogP contribution < -0.4 is 4.90 Å². The van der Waals surface area contributed by atoms with Gasteiger partial charge in [0, 0.05) is 18.3 Å². The van der Waals surface area contributed by atoms with Crippen LogP contribution in [0.5, 0.6) is 0 Å². The minimum absolute atomic E-state index is 0.126. The predicted molar refractivity (Wildman–Crippen MR) is 57.1 cm³/mol. The molecule has 0 aliphatic heterocycles. The van der Waals surface area contributed by atoms with Gasteiger partial charge in [0.2, 0.25) is 0 Å². The van der Waals surface area contributed by atoms with Crippen LogP contribution in [-0.2, 0) is 0 Å². The van der Waals surface area contributed by atoms with Crippen LogP contribution in [0.3, 0.4) is 0 Å². The van der Waals surface area contributed by atoms with Crippen LogP contribution in [0.25, 0.3) is 0 Å². The molecule has 0 N–H and O–H groups in total. The van der Waals surface area contributed by atoms with E-state index in [0.29, 0.717) is 0 Å². The highest BCUT2D eigenvalue weighted by atomic mass is 15.2. The van der Waals surface area contributed by atoms with Crippen molar-refractivity contribution in [3.05, 3.63) is 23.9 Å². The molecule has 1 aromatic heterocycles. The number of hydrogen-bond acceptors (Lipinski definition) is 2. The van der Waals surface area contributed by atoms with Gasteiger partial charge >= 0.3 is 0 Å². The van der Waals surface area contributed by atoms with Crippen molar-refractivity contribution in [2.24, 2.45) is 0 Å². The molecule has 0 bridgehead atoms. The van der Waals surface area contributed by atoms with Gasteiger partial charge in [-0.1, -0.05) is 6.07 Å². The molecule has 0 spiro atoms. The Morgan fingerprint density at radius 1 is 1.23 bits per heavy atom. The van der Waals surface area contributed by atoms with Crippen molar-refractivity contribution in [3.63, 3.8) is 0 Å². The third kappa shape index (κ3) is 2.44. The van der Waals surface area contributed by atoms with Crippen molar-refractivity contribution in [3.8, 4) is 0 Å². The summed E-state index contributed by atoms with van der Waals surface area (Å²) in [4.78, 5) is 6.65. The van der Waals surface area contributed by atoms with E-state index in [4.69, 9.17) is 0 Å². The van der Waals surface area contributed by atoms with E-state index in [1.165, 1.54) is 0 Å². The van der Waals surface area contributed by atoms with Crippen molar-refractivity contribution >= 4 is 5.82 Å². The Balaban J connectivity index is 2.96. The maximum Gasteiger partial charge on any atom is 0.128 e. The Morgan fingerprint density at radius 3 is 2.31 bits per heavy atom. The van der Waals surface area contributed by atoms with Crippen molar-refractivity contribution in [2.45, 2.75) is 33.2 Å². The number of hydrogen-bond donors (Lipinski definition) is 0. The van der Waals surface area contributed by atoms with Crippen LogP contribution in [0.4, 0.5) is 5.82 Å². The standard InChI is InChI=1S/C11H18N2/c1-9-7-6-8-10(12-9)13(5)11(2,3)4/h6-8H,1-5H3. The zero-order valence-corrected chi connectivity index (χ0v) is 9.13. The number of aromatic nitrogens is 1. The van der Waals surface area contributed by atoms with Crippen molar-refractivity contribution < 1.29 is 0 Å². The van der Waals surface area contributed by atoms with E-state index in [2.05, 4.69) is 37.7 Å². The molecule has 1 rings (SSSR count). The second-order valence-corrected chi connectivity index (χ2v) is 4.37. The molecule has 0 amide bonds. The first-order chi connectivity index (χ1) is 5.91. The maximum atomic E-state index is 4.47. The van der Waals surface area contributed by atoms with E-state index in [1.807, 2.05) is 25.1 Å². The molecule has 2 heteroatoms. The lowest BCUT2D eigenvalue weighted by Gasteiger charge is -2.33. The normalized spacial score (nSPS) is 11.5. The minimum atomic E-state index is 0.126. The third-order valence-corrected chi connectivity index (χ3v) is 2.22. The fraction of sp³-hybridized carbons (Fsp3) is 0.545. The van der Waals surface area contributed by atoms with Crippen molar-refractivity contribution in [1.29, 1.82) is 0 Å². The highest BCUT2D eigenvalue weighted by Crippen LogP contribution is 2.19. The maximum absolute atomic E-state index is 4.47. The van der Waals surface area contributed by atoms with Gasteiger partial charge in [-0.2, -0.15) is 0 Å². The van der Waals surface area contributed by atoms with Crippen LogP contribution in [-0.4, -0.2) is 17.6 Å². The lowest BCUT2D eigenvalue weighted by atomic mass is 10.1. The highest BCUT2D eigenvalue weighted by Gasteiger charge is 2.17. The minimum Gasteiger partial charge on any atom is -0.355 e. The van der Waals surface area contributed by atoms with E-state index in [0.717, 1.165) is 11.5 Å². The zero-order valence-electron chi connectivity index (χ0n) is 9.13. The molecule has 0 unspecified atom stereocenters. The van der Waals surface area contributed by atoms with Gasteiger partial charge in [-0.25, -0.2) is 4.98 Å². The fourth-order valence-corrected chi connectivity index (χ4v) is 1.06. The van der Waals surface area contributed by atoms with E-state index < -0.39 is 0 Å². The summed E-state index contributed by atoms with van der Waals surface area (Å²) in [5, 5.41) is 0. The second-order valence-electron chi connectivity index (χ2n) is 4.37. The summed E-state index contributed by atoms with van der Waals surface area (Å²) in [5.41, 5.74) is 1.19. The lowest BCUT2D eigenvalue weighted by molar-refractivity contribution is 0.533. The van der Waals surface area contributed by atoms with Crippen LogP contribution in [0.15, 0.2) is 18.2 Å². The van der Waals surface area contributed by atoms with Crippen molar-refractivity contribution in [1.82, 2.24) is 4.98 Å². The van der Waals surface area contributed by atoms with Crippen molar-refractivity contribution in [2.75, 3.05) is 11.9 Å². The number of rotatable bonds is 1. The topological polar surface area (TPSA) is 16.1 Å². The molecule has 0 atom stereocenters. The average molecular weight is 178 g/mol. The monoisotopic (exact) mass is 178 g/mol. The first-order valence-electron chi connectivity index (χ1n) is 4.59. The molecule has 1 aromatic rings. The Morgan fingerprint density at radius 2 is 1.85 bits per heavy atom. The van der Waals surface area contributed by atoms with Gasteiger partial charge in [0.05, 0.1) is 0 Å². The molecule has 0 radical (unpaired) electrons. The number of anilines is 1. The number of pyridine rings is 1. The summed E-state index contributed by atoms with van der Waals surface area (Å²) in [7, 11) is 2.07. The van der Waals surface area contributed by atoms with Gasteiger partial charge < -0.3 is 4.90 Å². The molecule has 2 nitrogen and oxygen atoms in total. The zero-order chi connectivity index (χ0) is 10.1. The van der Waals surface area contributed by atoms with Gasteiger partial charge in [0.1, 0.15) is 5.82 Å². The van der Waals surface area contributed by atoms with E-state index in [-0.39, 0.29) is 5.54 Å². The van der Waals surface area contributed by atoms with Crippen LogP contribution in [0.2, 0.25) is 0 Å². The molecule has 0 saturated heterocycles. The van der Waals surface area contributed by atoms with Gasteiger partial charge in [0.15, 0.2) is 0 Å². The highest BCUT2D eigenvalue weighted by molar-refractivity contribution is 5.40. The molecule has 0 aliphatic rings. The summed E-state index contributed by atoms with van der Waals surface area (Å²) < 4.78 is 0. The third-order valence-electron chi connectivity index (χ3n) is 2.22. The first-order valence-corrected chi connectivity index (χ1v) is 4.59. The van der Waals surface area contributed by atoms with Crippen LogP contribution in [0.1, 0.15) is 26.5 Å². The quantitative estimate of drug-likeness (QED) is 0.657. The Bertz CT molecular complexity index is 286. The Hall–Kier alpha value is -1.05. The van der Waals surface area contributed by atoms with E-state index in [9.17, 15) is 0 Å². The summed E-state index contributed by atoms with van der Waals surface area (Å²) >= 11 is 0. The molecule has 1 heterocycles. The molecule has 0 fully saturated rings. The average Bonchev–Trinajstić information content (AvgIpc) is 2.01. The number of nitrogens with zero attached hydrogens (tertiary/aromatic N) is 2. The summed E-state index contributed by atoms with van der Waals surface area (Å²) in [6.07, 6.45) is 0. The van der Waals surface area contributed by atoms with Gasteiger partial charge in [0.25, 0.3) is 0 Å². The molecular weight excluding hydrogens is 160 g/mol. The van der Waals surface area contributed by atoms with E-state index in [1.54, 1.807) is 0 Å². The first kappa shape index (κ1) is 10.0. The Labute approximate surface area is 80.6 Å². The smallest absolute Gasteiger partial charge is 0.128 e. The molecule has 0 aromatic carbocycles. The molecule has 0 aliphatic carbocycles. The molecule has 13 heavy (non-hydrogen) atoms. The largest absolute Gasteiger partial charge is 0.355 e. The Kier molecular flexibility index (Phi) is 2.60. The second kappa shape index (κ2) is 3.36. The van der Waals surface area contributed by atoms with Gasteiger partial charge in [-0.15, -0.1) is 0 Å². The summed E-state index contributed by atoms with van der Waals surface area (Å²) in [5.74, 6) is 1.03. The summed E-state index contributed by atoms with van der Waals surface area (Å²) in [6, 6.07) is 6.10. The molecule has 0 saturated carbocycles. The van der Waals surface area contributed by atoms with Gasteiger partial charge in [-0.05, 0) is 39.8 Å². The summed E-state index contributed by atoms with van der Waals surface area (Å²) in [6.45, 7) is 8.55. The fourth-order valence-electron chi connectivity index (χ4n) is 1.06. The van der Waals surface area contributed by atoms with E-state index >= 15 is 0 Å². The number of aryl methyl sites for hydroxylation is 1.